The minimum atomic E-state index is -0.0369. The van der Waals surface area contributed by atoms with E-state index in [1.165, 1.54) is 0 Å². The fourth-order valence-corrected chi connectivity index (χ4v) is 3.39. The largest absolute Gasteiger partial charge is 0.302 e. The van der Waals surface area contributed by atoms with Crippen LogP contribution in [0, 0.1) is 0 Å². The molecule has 0 fully saturated rings. The van der Waals surface area contributed by atoms with Crippen molar-refractivity contribution in [3.05, 3.63) is 43.2 Å². The van der Waals surface area contributed by atoms with Crippen LogP contribution in [0.3, 0.4) is 0 Å². The van der Waals surface area contributed by atoms with E-state index >= 15 is 0 Å². The van der Waals surface area contributed by atoms with Gasteiger partial charge in [0.05, 0.1) is 0 Å². The molecule has 2 bridgehead atoms. The van der Waals surface area contributed by atoms with Gasteiger partial charge in [-0.3, -0.25) is 19.8 Å². The third kappa shape index (κ3) is 1.05. The van der Waals surface area contributed by atoms with Gasteiger partial charge in [-0.15, -0.1) is 0 Å². The Morgan fingerprint density at radius 1 is 0.882 bits per heavy atom. The maximum absolute atomic E-state index is 11.7. The average Bonchev–Trinajstić information content (AvgIpc) is 2.85. The topological polar surface area (TPSA) is 97.3 Å². The van der Waals surface area contributed by atoms with E-state index in [0.29, 0.717) is 12.3 Å². The highest BCUT2D eigenvalue weighted by atomic mass is 16.1. The monoisotopic (exact) mass is 232 g/mol. The van der Waals surface area contributed by atoms with Crippen LogP contribution in [0.2, 0.25) is 0 Å². The smallest absolute Gasteiger partial charge is 0.267 e. The first-order chi connectivity index (χ1) is 8.24. The number of aromatic nitrogens is 4. The normalized spacial score (nSPS) is 25.4. The first kappa shape index (κ1) is 9.09. The molecule has 17 heavy (non-hydrogen) atoms. The van der Waals surface area contributed by atoms with Crippen LogP contribution in [0.1, 0.15) is 40.8 Å². The lowest BCUT2D eigenvalue weighted by molar-refractivity contribution is 0.446. The molecule has 0 unspecified atom stereocenters. The summed E-state index contributed by atoms with van der Waals surface area (Å²) < 4.78 is 0. The van der Waals surface area contributed by atoms with Crippen LogP contribution in [-0.4, -0.2) is 20.4 Å². The molecule has 2 aliphatic carbocycles. The first-order valence-corrected chi connectivity index (χ1v) is 5.83. The molecule has 0 radical (unpaired) electrons. The molecule has 2 aromatic rings. The zero-order chi connectivity index (χ0) is 11.6. The van der Waals surface area contributed by atoms with Gasteiger partial charge in [0.15, 0.2) is 0 Å². The predicted molar refractivity (Wildman–Crippen MR) is 60.3 cm³/mol. The van der Waals surface area contributed by atoms with Gasteiger partial charge in [-0.2, -0.15) is 0 Å². The van der Waals surface area contributed by atoms with Gasteiger partial charge in [0, 0.05) is 28.4 Å². The molecule has 2 aromatic heterocycles. The van der Waals surface area contributed by atoms with Crippen molar-refractivity contribution in [2.45, 2.75) is 31.1 Å². The number of hydrogen-bond acceptors (Lipinski definition) is 2. The molecular formula is C11H12N4O2. The van der Waals surface area contributed by atoms with E-state index in [2.05, 4.69) is 20.4 Å². The molecule has 0 saturated heterocycles. The fraction of sp³-hybridized carbons (Fsp3) is 0.455. The third-order valence-electron chi connectivity index (χ3n) is 4.09. The van der Waals surface area contributed by atoms with Crippen LogP contribution in [0.25, 0.3) is 0 Å². The van der Waals surface area contributed by atoms with Gasteiger partial charge in [0.25, 0.3) is 11.1 Å². The molecule has 2 atom stereocenters. The highest BCUT2D eigenvalue weighted by Gasteiger charge is 2.38. The Bertz CT molecular complexity index is 702. The molecule has 6 nitrogen and oxygen atoms in total. The minimum absolute atomic E-state index is 0.0288. The molecule has 2 heterocycles. The average molecular weight is 232 g/mol. The maximum Gasteiger partial charge on any atom is 0.267 e. The van der Waals surface area contributed by atoms with E-state index in [0.717, 1.165) is 35.4 Å². The second-order valence-electron chi connectivity index (χ2n) is 4.98. The summed E-state index contributed by atoms with van der Waals surface area (Å²) in [5, 5.41) is 11.2. The van der Waals surface area contributed by atoms with Crippen LogP contribution in [0.4, 0.5) is 0 Å². The summed E-state index contributed by atoms with van der Waals surface area (Å²) in [6, 6.07) is 0. The van der Waals surface area contributed by atoms with E-state index in [9.17, 15) is 9.59 Å². The van der Waals surface area contributed by atoms with Gasteiger partial charge in [-0.1, -0.05) is 0 Å². The molecule has 0 amide bonds. The number of H-pyrrole nitrogens is 4. The van der Waals surface area contributed by atoms with Gasteiger partial charge in [0.1, 0.15) is 0 Å². The van der Waals surface area contributed by atoms with Crippen molar-refractivity contribution in [3.8, 4) is 0 Å². The second-order valence-corrected chi connectivity index (χ2v) is 4.98. The Hall–Kier alpha value is -1.98. The van der Waals surface area contributed by atoms with Crippen molar-refractivity contribution in [2.75, 3.05) is 0 Å². The van der Waals surface area contributed by atoms with Crippen LogP contribution >= 0.6 is 0 Å². The number of aromatic amines is 4. The van der Waals surface area contributed by atoms with Gasteiger partial charge >= 0.3 is 0 Å². The number of hydrogen-bond donors (Lipinski definition) is 4. The molecule has 0 aliphatic heterocycles. The number of fused-ring (bicyclic) bond motifs is 6. The molecule has 0 saturated carbocycles. The van der Waals surface area contributed by atoms with E-state index in [4.69, 9.17) is 0 Å². The van der Waals surface area contributed by atoms with E-state index in [1.807, 2.05) is 0 Å². The van der Waals surface area contributed by atoms with Crippen molar-refractivity contribution >= 4 is 0 Å². The van der Waals surface area contributed by atoms with Gasteiger partial charge in [0.2, 0.25) is 0 Å². The van der Waals surface area contributed by atoms with Crippen molar-refractivity contribution in [3.63, 3.8) is 0 Å². The molecule has 2 aliphatic rings. The third-order valence-corrected chi connectivity index (χ3v) is 4.09. The molecule has 6 heteroatoms. The maximum atomic E-state index is 11.7. The van der Waals surface area contributed by atoms with Crippen LogP contribution in [0.15, 0.2) is 9.59 Å². The Labute approximate surface area is 95.4 Å². The quantitative estimate of drug-likeness (QED) is 0.517. The van der Waals surface area contributed by atoms with E-state index < -0.39 is 0 Å². The SMILES string of the molecule is O=c1[nH][nH]c2c1C[C@@H]1C[C@H]2Cc2[nH][nH]c(=O)c21. The summed E-state index contributed by atoms with van der Waals surface area (Å²) in [7, 11) is 0. The van der Waals surface area contributed by atoms with Gasteiger partial charge in [-0.25, -0.2) is 0 Å². The Balaban J connectivity index is 1.94. The molecule has 0 spiro atoms. The highest BCUT2D eigenvalue weighted by molar-refractivity contribution is 5.37. The summed E-state index contributed by atoms with van der Waals surface area (Å²) in [5.41, 5.74) is 3.65. The number of rotatable bonds is 0. The van der Waals surface area contributed by atoms with E-state index in [-0.39, 0.29) is 17.0 Å². The number of nitrogens with one attached hydrogen (secondary N) is 4. The Kier molecular flexibility index (Phi) is 1.51. The summed E-state index contributed by atoms with van der Waals surface area (Å²) in [6.45, 7) is 0. The molecular weight excluding hydrogens is 220 g/mol. The van der Waals surface area contributed by atoms with Gasteiger partial charge in [-0.05, 0) is 25.2 Å². The van der Waals surface area contributed by atoms with E-state index in [1.54, 1.807) is 0 Å². The lowest BCUT2D eigenvalue weighted by Crippen LogP contribution is -2.29. The van der Waals surface area contributed by atoms with Crippen molar-refractivity contribution in [2.24, 2.45) is 0 Å². The predicted octanol–water partition coefficient (Wildman–Crippen LogP) is 0.0891. The Morgan fingerprint density at radius 3 is 2.59 bits per heavy atom. The second kappa shape index (κ2) is 2.82. The standard InChI is InChI=1S/C11H12N4O2/c16-10-6-2-4-1-5(9(6)13-14-10)3-7-8(4)11(17)15-12-7/h4-5H,1-3H2,(H2,12,15,17)(H2,13,14,16)/t4-,5-/m0/s1. The molecule has 88 valence electrons. The van der Waals surface area contributed by atoms with Crippen molar-refractivity contribution in [1.29, 1.82) is 0 Å². The van der Waals surface area contributed by atoms with Crippen LogP contribution in [0.5, 0.6) is 0 Å². The molecule has 4 rings (SSSR count). The summed E-state index contributed by atoms with van der Waals surface area (Å²) in [6.07, 6.45) is 2.42. The fourth-order valence-electron chi connectivity index (χ4n) is 3.39. The van der Waals surface area contributed by atoms with Crippen LogP contribution < -0.4 is 11.1 Å². The summed E-state index contributed by atoms with van der Waals surface area (Å²) in [4.78, 5) is 23.4. The summed E-state index contributed by atoms with van der Waals surface area (Å²) in [5.74, 6) is 0.504. The van der Waals surface area contributed by atoms with Crippen molar-refractivity contribution < 1.29 is 0 Å². The van der Waals surface area contributed by atoms with Gasteiger partial charge < -0.3 is 10.2 Å². The lowest BCUT2D eigenvalue weighted by Gasteiger charge is -2.32. The Morgan fingerprint density at radius 2 is 1.71 bits per heavy atom. The zero-order valence-electron chi connectivity index (χ0n) is 9.09. The zero-order valence-corrected chi connectivity index (χ0v) is 9.09. The lowest BCUT2D eigenvalue weighted by atomic mass is 9.71. The van der Waals surface area contributed by atoms with Crippen molar-refractivity contribution in [1.82, 2.24) is 20.4 Å². The highest BCUT2D eigenvalue weighted by Crippen LogP contribution is 2.43. The van der Waals surface area contributed by atoms with Crippen LogP contribution in [-0.2, 0) is 12.8 Å². The molecule has 4 N–H and O–H groups in total. The minimum Gasteiger partial charge on any atom is -0.302 e. The first-order valence-electron chi connectivity index (χ1n) is 5.83. The molecule has 0 aromatic carbocycles. The summed E-state index contributed by atoms with van der Waals surface area (Å²) >= 11 is 0.